The number of aliphatic hydroxyl groups is 1. The van der Waals surface area contributed by atoms with Gasteiger partial charge >= 0.3 is 5.97 Å². The van der Waals surface area contributed by atoms with E-state index in [1.54, 1.807) is 70.3 Å². The smallest absolute Gasteiger partial charge is 0.338 e. The molecule has 1 fully saturated rings. The fraction of sp³-hybridized carbons (Fsp3) is 0.258. The third kappa shape index (κ3) is 5.32. The number of aryl methyl sites for hydroxylation is 2. The lowest BCUT2D eigenvalue weighted by atomic mass is 9.93. The van der Waals surface area contributed by atoms with Crippen LogP contribution in [0.2, 0.25) is 0 Å². The summed E-state index contributed by atoms with van der Waals surface area (Å²) in [5.74, 6) is -1.49. The number of benzene rings is 3. The summed E-state index contributed by atoms with van der Waals surface area (Å²) in [6, 6.07) is 18.6. The Bertz CT molecular complexity index is 1420. The zero-order valence-corrected chi connectivity index (χ0v) is 22.1. The summed E-state index contributed by atoms with van der Waals surface area (Å²) in [6.07, 6.45) is -0.238. The predicted molar refractivity (Wildman–Crippen MR) is 144 cm³/mol. The van der Waals surface area contributed by atoms with Gasteiger partial charge in [-0.3, -0.25) is 9.59 Å². The Labute approximate surface area is 222 Å². The molecule has 0 aliphatic carbocycles. The Balaban J connectivity index is 1.77. The molecule has 1 heterocycles. The number of ether oxygens (including phenoxy) is 2. The first-order chi connectivity index (χ1) is 18.1. The molecule has 1 N–H and O–H groups in total. The number of likely N-dealkylation sites (tertiary alicyclic amines) is 1. The molecule has 1 aliphatic rings. The number of carbonyl (C=O) groups is 3. The highest BCUT2D eigenvalue weighted by Gasteiger charge is 2.46. The van der Waals surface area contributed by atoms with E-state index >= 15 is 0 Å². The zero-order valence-electron chi connectivity index (χ0n) is 22.1. The molecule has 0 bridgehead atoms. The summed E-state index contributed by atoms with van der Waals surface area (Å²) in [5, 5.41) is 11.4. The van der Waals surface area contributed by atoms with Crippen molar-refractivity contribution in [1.29, 1.82) is 0 Å². The standard InChI is InChI=1S/C31H31NO6/c1-18(2)38-31(36)22-11-9-21(10-12-22)17-32-27(23-8-6-7-19(3)15-23)26(29(34)30(32)35)28(33)25-14-13-24(37-5)16-20(25)4/h6-16,18,27,33H,17H2,1-5H3/b28-26-. The summed E-state index contributed by atoms with van der Waals surface area (Å²) in [5.41, 5.74) is 4.00. The van der Waals surface area contributed by atoms with Crippen LogP contribution < -0.4 is 4.74 Å². The first-order valence-corrected chi connectivity index (χ1v) is 12.4. The third-order valence-electron chi connectivity index (χ3n) is 6.47. The topological polar surface area (TPSA) is 93.1 Å². The molecule has 0 aromatic heterocycles. The second kappa shape index (κ2) is 10.9. The third-order valence-corrected chi connectivity index (χ3v) is 6.47. The van der Waals surface area contributed by atoms with Gasteiger partial charge in [0.05, 0.1) is 30.4 Å². The van der Waals surface area contributed by atoms with Crippen LogP contribution in [0.15, 0.2) is 72.3 Å². The van der Waals surface area contributed by atoms with Crippen LogP contribution in [0.4, 0.5) is 0 Å². The van der Waals surface area contributed by atoms with Crippen molar-refractivity contribution in [2.45, 2.75) is 46.4 Å². The van der Waals surface area contributed by atoms with E-state index in [4.69, 9.17) is 9.47 Å². The fourth-order valence-electron chi connectivity index (χ4n) is 4.63. The lowest BCUT2D eigenvalue weighted by Crippen LogP contribution is -2.29. The molecule has 0 spiro atoms. The molecule has 1 atom stereocenters. The van der Waals surface area contributed by atoms with Gasteiger partial charge in [-0.15, -0.1) is 0 Å². The van der Waals surface area contributed by atoms with Gasteiger partial charge in [0.15, 0.2) is 0 Å². The van der Waals surface area contributed by atoms with Crippen LogP contribution in [0.3, 0.4) is 0 Å². The van der Waals surface area contributed by atoms with Crippen LogP contribution in [0.5, 0.6) is 5.75 Å². The van der Waals surface area contributed by atoms with Crippen LogP contribution in [0.1, 0.15) is 58.1 Å². The van der Waals surface area contributed by atoms with E-state index in [0.29, 0.717) is 28.0 Å². The number of ketones is 1. The molecule has 0 saturated carbocycles. The van der Waals surface area contributed by atoms with Gasteiger partial charge in [-0.1, -0.05) is 42.0 Å². The Morgan fingerprint density at radius 1 is 1.00 bits per heavy atom. The molecule has 1 aliphatic heterocycles. The zero-order chi connectivity index (χ0) is 27.6. The molecular formula is C31H31NO6. The lowest BCUT2D eigenvalue weighted by molar-refractivity contribution is -0.140. The van der Waals surface area contributed by atoms with Crippen molar-refractivity contribution < 1.29 is 29.0 Å². The first-order valence-electron chi connectivity index (χ1n) is 12.4. The summed E-state index contributed by atoms with van der Waals surface area (Å²) in [4.78, 5) is 40.4. The number of hydrogen-bond donors (Lipinski definition) is 1. The number of rotatable bonds is 7. The second-order valence-corrected chi connectivity index (χ2v) is 9.67. The number of esters is 1. The van der Waals surface area contributed by atoms with E-state index in [-0.39, 0.29) is 24.0 Å². The lowest BCUT2D eigenvalue weighted by Gasteiger charge is -2.26. The Kier molecular flexibility index (Phi) is 7.67. The van der Waals surface area contributed by atoms with Crippen molar-refractivity contribution in [3.05, 3.63) is 106 Å². The monoisotopic (exact) mass is 513 g/mol. The molecule has 3 aromatic rings. The quantitative estimate of drug-likeness (QED) is 0.194. The number of amides is 1. The normalized spacial score (nSPS) is 16.7. The van der Waals surface area contributed by atoms with Crippen LogP contribution >= 0.6 is 0 Å². The Morgan fingerprint density at radius 2 is 1.71 bits per heavy atom. The molecule has 1 saturated heterocycles. The molecule has 4 rings (SSSR count). The van der Waals surface area contributed by atoms with Gasteiger partial charge in [0.2, 0.25) is 0 Å². The van der Waals surface area contributed by atoms with E-state index < -0.39 is 23.7 Å². The molecule has 1 amide bonds. The summed E-state index contributed by atoms with van der Waals surface area (Å²) >= 11 is 0. The van der Waals surface area contributed by atoms with E-state index in [1.165, 1.54) is 4.90 Å². The highest BCUT2D eigenvalue weighted by molar-refractivity contribution is 6.46. The van der Waals surface area contributed by atoms with Crippen molar-refractivity contribution in [3.63, 3.8) is 0 Å². The van der Waals surface area contributed by atoms with Crippen molar-refractivity contribution in [1.82, 2.24) is 4.90 Å². The van der Waals surface area contributed by atoms with Crippen LogP contribution in [-0.2, 0) is 20.9 Å². The largest absolute Gasteiger partial charge is 0.507 e. The molecule has 3 aromatic carbocycles. The maximum Gasteiger partial charge on any atom is 0.338 e. The number of methoxy groups -OCH3 is 1. The average molecular weight is 514 g/mol. The van der Waals surface area contributed by atoms with Crippen molar-refractivity contribution in [3.8, 4) is 5.75 Å². The molecule has 38 heavy (non-hydrogen) atoms. The predicted octanol–water partition coefficient (Wildman–Crippen LogP) is 5.50. The van der Waals surface area contributed by atoms with Gasteiger partial charge in [0.25, 0.3) is 11.7 Å². The van der Waals surface area contributed by atoms with Gasteiger partial charge in [-0.05, 0) is 74.7 Å². The summed E-state index contributed by atoms with van der Waals surface area (Å²) < 4.78 is 10.5. The number of carbonyl (C=O) groups excluding carboxylic acids is 3. The number of aliphatic hydroxyl groups excluding tert-OH is 1. The molecule has 1 unspecified atom stereocenters. The van der Waals surface area contributed by atoms with Gasteiger partial charge in [-0.2, -0.15) is 0 Å². The fourth-order valence-corrected chi connectivity index (χ4v) is 4.63. The highest BCUT2D eigenvalue weighted by atomic mass is 16.5. The van der Waals surface area contributed by atoms with Crippen LogP contribution in [0, 0.1) is 13.8 Å². The SMILES string of the molecule is COc1ccc(/C(O)=C2/C(=O)C(=O)N(Cc3ccc(C(=O)OC(C)C)cc3)C2c2cccc(C)c2)c(C)c1. The Morgan fingerprint density at radius 3 is 2.32 bits per heavy atom. The van der Waals surface area contributed by atoms with E-state index in [2.05, 4.69) is 0 Å². The number of hydrogen-bond acceptors (Lipinski definition) is 6. The molecule has 0 radical (unpaired) electrons. The molecular weight excluding hydrogens is 482 g/mol. The molecule has 7 nitrogen and oxygen atoms in total. The average Bonchev–Trinajstić information content (AvgIpc) is 3.13. The van der Waals surface area contributed by atoms with Gasteiger partial charge < -0.3 is 19.5 Å². The summed E-state index contributed by atoms with van der Waals surface area (Å²) in [6.45, 7) is 7.41. The van der Waals surface area contributed by atoms with E-state index in [0.717, 1.165) is 11.1 Å². The minimum Gasteiger partial charge on any atom is -0.507 e. The van der Waals surface area contributed by atoms with Crippen molar-refractivity contribution in [2.24, 2.45) is 0 Å². The van der Waals surface area contributed by atoms with Gasteiger partial charge in [0.1, 0.15) is 11.5 Å². The maximum atomic E-state index is 13.4. The first kappa shape index (κ1) is 26.7. The van der Waals surface area contributed by atoms with Crippen LogP contribution in [0.25, 0.3) is 5.76 Å². The highest BCUT2D eigenvalue weighted by Crippen LogP contribution is 2.41. The van der Waals surface area contributed by atoms with Gasteiger partial charge in [-0.25, -0.2) is 4.79 Å². The van der Waals surface area contributed by atoms with E-state index in [9.17, 15) is 19.5 Å². The minimum atomic E-state index is -0.790. The minimum absolute atomic E-state index is 0.0333. The number of Topliss-reactive ketones (excluding diaryl/α,β-unsaturated/α-hetero) is 1. The Hall–Kier alpha value is -4.39. The molecule has 7 heteroatoms. The van der Waals surface area contributed by atoms with E-state index in [1.807, 2.05) is 31.2 Å². The van der Waals surface area contributed by atoms with Crippen molar-refractivity contribution in [2.75, 3.05) is 7.11 Å². The molecule has 196 valence electrons. The summed E-state index contributed by atoms with van der Waals surface area (Å²) in [7, 11) is 1.55. The van der Waals surface area contributed by atoms with Gasteiger partial charge in [0, 0.05) is 12.1 Å². The second-order valence-electron chi connectivity index (χ2n) is 9.67. The van der Waals surface area contributed by atoms with Crippen molar-refractivity contribution >= 4 is 23.4 Å². The van der Waals surface area contributed by atoms with Crippen LogP contribution in [-0.4, -0.2) is 40.9 Å². The number of nitrogens with zero attached hydrogens (tertiary/aromatic N) is 1. The maximum absolute atomic E-state index is 13.4.